The van der Waals surface area contributed by atoms with Crippen molar-refractivity contribution in [2.24, 2.45) is 11.8 Å². The summed E-state index contributed by atoms with van der Waals surface area (Å²) in [6, 6.07) is 0. The van der Waals surface area contributed by atoms with Crippen molar-refractivity contribution in [3.05, 3.63) is 0 Å². The Morgan fingerprint density at radius 3 is 0.701 bits per heavy atom. The van der Waals surface area contributed by atoms with E-state index in [4.69, 9.17) is 37.0 Å². The quantitative estimate of drug-likeness (QED) is 0.0222. The monoisotopic (exact) mass is 1420 g/mol. The Morgan fingerprint density at radius 2 is 0.474 bits per heavy atom. The number of unbranched alkanes of at least 4 members (excludes halogenated alkanes) is 47. The van der Waals surface area contributed by atoms with E-state index in [1.165, 1.54) is 212 Å². The van der Waals surface area contributed by atoms with Crippen LogP contribution in [0.3, 0.4) is 0 Å². The fourth-order valence-electron chi connectivity index (χ4n) is 12.0. The summed E-state index contributed by atoms with van der Waals surface area (Å²) in [7, 11) is -9.91. The first-order valence-electron chi connectivity index (χ1n) is 40.5. The van der Waals surface area contributed by atoms with Gasteiger partial charge >= 0.3 is 39.5 Å². The third-order valence-corrected chi connectivity index (χ3v) is 20.1. The number of ether oxygens (including phenoxy) is 4. The highest BCUT2D eigenvalue weighted by Crippen LogP contribution is 2.45. The Kier molecular flexibility index (Phi) is 68.4. The molecule has 3 N–H and O–H groups in total. The summed E-state index contributed by atoms with van der Waals surface area (Å²) in [5.41, 5.74) is 0. The van der Waals surface area contributed by atoms with Crippen molar-refractivity contribution in [1.29, 1.82) is 0 Å². The fourth-order valence-corrected chi connectivity index (χ4v) is 13.6. The Bertz CT molecular complexity index is 1870. The highest BCUT2D eigenvalue weighted by atomic mass is 31.2. The lowest BCUT2D eigenvalue weighted by molar-refractivity contribution is -0.161. The first-order chi connectivity index (χ1) is 46.9. The van der Waals surface area contributed by atoms with E-state index in [0.29, 0.717) is 25.7 Å². The number of hydrogen-bond acceptors (Lipinski definition) is 15. The zero-order chi connectivity index (χ0) is 71.4. The summed E-state index contributed by atoms with van der Waals surface area (Å²) in [6.07, 6.45) is 58.5. The smallest absolute Gasteiger partial charge is 0.462 e. The van der Waals surface area contributed by atoms with E-state index >= 15 is 0 Å². The summed E-state index contributed by atoms with van der Waals surface area (Å²) in [5, 5.41) is 10.6. The molecule has 0 radical (unpaired) electrons. The number of phosphoric ester groups is 2. The molecule has 576 valence electrons. The predicted molar refractivity (Wildman–Crippen MR) is 395 cm³/mol. The molecule has 0 saturated heterocycles. The fraction of sp³-hybridized carbons (Fsp3) is 0.949. The van der Waals surface area contributed by atoms with Crippen LogP contribution in [0.1, 0.15) is 408 Å². The van der Waals surface area contributed by atoms with Crippen molar-refractivity contribution in [3.8, 4) is 0 Å². The lowest BCUT2D eigenvalue weighted by Gasteiger charge is -2.21. The van der Waals surface area contributed by atoms with Gasteiger partial charge in [-0.3, -0.25) is 37.3 Å². The number of aliphatic hydroxyl groups excluding tert-OH is 1. The molecule has 5 atom stereocenters. The molecule has 0 rings (SSSR count). The van der Waals surface area contributed by atoms with Gasteiger partial charge in [0.15, 0.2) is 12.2 Å². The van der Waals surface area contributed by atoms with Gasteiger partial charge in [-0.2, -0.15) is 0 Å². The van der Waals surface area contributed by atoms with Crippen LogP contribution >= 0.6 is 15.6 Å². The minimum Gasteiger partial charge on any atom is -0.462 e. The molecular formula is C78H152O17P2. The lowest BCUT2D eigenvalue weighted by Crippen LogP contribution is -2.30. The van der Waals surface area contributed by atoms with Gasteiger partial charge in [-0.15, -0.1) is 0 Å². The molecule has 0 spiro atoms. The van der Waals surface area contributed by atoms with Gasteiger partial charge in [0.05, 0.1) is 26.4 Å². The van der Waals surface area contributed by atoms with Crippen LogP contribution in [0.15, 0.2) is 0 Å². The van der Waals surface area contributed by atoms with E-state index in [1.807, 2.05) is 0 Å². The van der Waals surface area contributed by atoms with Crippen molar-refractivity contribution in [1.82, 2.24) is 0 Å². The van der Waals surface area contributed by atoms with E-state index in [9.17, 15) is 43.2 Å². The van der Waals surface area contributed by atoms with Gasteiger partial charge < -0.3 is 33.8 Å². The largest absolute Gasteiger partial charge is 0.472 e. The van der Waals surface area contributed by atoms with Crippen LogP contribution in [-0.4, -0.2) is 96.7 Å². The molecule has 0 aliphatic rings. The van der Waals surface area contributed by atoms with Crippen LogP contribution in [0, 0.1) is 11.8 Å². The molecule has 19 heteroatoms. The molecule has 0 aromatic heterocycles. The van der Waals surface area contributed by atoms with Crippen molar-refractivity contribution >= 4 is 39.5 Å². The molecule has 0 amide bonds. The van der Waals surface area contributed by atoms with Gasteiger partial charge in [0.2, 0.25) is 0 Å². The second kappa shape index (κ2) is 69.8. The zero-order valence-corrected chi connectivity index (χ0v) is 65.2. The van der Waals surface area contributed by atoms with Crippen LogP contribution < -0.4 is 0 Å². The molecule has 2 unspecified atom stereocenters. The maximum Gasteiger partial charge on any atom is 0.472 e. The maximum atomic E-state index is 13.1. The molecule has 0 aromatic carbocycles. The van der Waals surface area contributed by atoms with Crippen molar-refractivity contribution in [3.63, 3.8) is 0 Å². The van der Waals surface area contributed by atoms with E-state index < -0.39 is 97.5 Å². The number of phosphoric acid groups is 2. The highest BCUT2D eigenvalue weighted by Gasteiger charge is 2.30. The summed E-state index contributed by atoms with van der Waals surface area (Å²) in [5.74, 6) is -0.561. The molecule has 17 nitrogen and oxygen atoms in total. The summed E-state index contributed by atoms with van der Waals surface area (Å²) >= 11 is 0. The van der Waals surface area contributed by atoms with Crippen LogP contribution in [0.25, 0.3) is 0 Å². The molecule has 0 aromatic rings. The minimum atomic E-state index is -4.96. The molecule has 0 bridgehead atoms. The normalized spacial score (nSPS) is 14.0. The topological polar surface area (TPSA) is 237 Å². The first kappa shape index (κ1) is 95.1. The zero-order valence-electron chi connectivity index (χ0n) is 63.4. The van der Waals surface area contributed by atoms with Gasteiger partial charge in [0.25, 0.3) is 0 Å². The van der Waals surface area contributed by atoms with E-state index in [-0.39, 0.29) is 25.7 Å². The Labute approximate surface area is 594 Å². The molecule has 0 aliphatic heterocycles. The number of esters is 4. The molecule has 0 heterocycles. The predicted octanol–water partition coefficient (Wildman–Crippen LogP) is 23.1. The standard InChI is InChI=1S/C78H152O17P2/c1-7-9-11-13-15-16-17-18-19-22-26-29-32-37-43-49-55-61-76(81)89-67-74(95-77(82)62-56-50-44-38-33-30-27-24-21-20-23-25-28-31-35-41-46-52-58-70(3)4)69-93-97(86,87)91-65-72(79)64-90-96(84,85)92-68-73(66-88-75(80)60-54-48-40-14-12-10-8-2)94-78(83)63-57-51-45-39-34-36-42-47-53-59-71(5)6/h70-74,79H,7-69H2,1-6H3,(H,84,85)(H,86,87)/t72-,73+,74+/m0/s1. The van der Waals surface area contributed by atoms with Crippen LogP contribution in [-0.2, 0) is 65.4 Å². The minimum absolute atomic E-state index is 0.105. The van der Waals surface area contributed by atoms with Crippen LogP contribution in [0.2, 0.25) is 0 Å². The lowest BCUT2D eigenvalue weighted by atomic mass is 10.0. The number of carbonyl (C=O) groups excluding carboxylic acids is 4. The van der Waals surface area contributed by atoms with Crippen LogP contribution in [0.4, 0.5) is 0 Å². The van der Waals surface area contributed by atoms with Gasteiger partial charge in [-0.25, -0.2) is 9.13 Å². The molecule has 0 saturated carbocycles. The van der Waals surface area contributed by atoms with E-state index in [0.717, 1.165) is 115 Å². The van der Waals surface area contributed by atoms with Crippen molar-refractivity contribution in [2.45, 2.75) is 426 Å². The number of carbonyl (C=O) groups is 4. The summed E-state index contributed by atoms with van der Waals surface area (Å²) in [6.45, 7) is 9.58. The molecular weight excluding hydrogens is 1270 g/mol. The number of aliphatic hydroxyl groups is 1. The molecule has 0 fully saturated rings. The van der Waals surface area contributed by atoms with E-state index in [1.54, 1.807) is 0 Å². The van der Waals surface area contributed by atoms with Crippen LogP contribution in [0.5, 0.6) is 0 Å². The van der Waals surface area contributed by atoms with Gasteiger partial charge in [0, 0.05) is 25.7 Å². The third kappa shape index (κ3) is 72.2. The van der Waals surface area contributed by atoms with Gasteiger partial charge in [0.1, 0.15) is 19.3 Å². The molecule has 0 aliphatic carbocycles. The first-order valence-corrected chi connectivity index (χ1v) is 43.5. The van der Waals surface area contributed by atoms with Gasteiger partial charge in [-0.1, -0.05) is 356 Å². The average molecular weight is 1420 g/mol. The SMILES string of the molecule is CCCCCCCCCCCCCCCCCCCC(=O)OC[C@H](COP(=O)(O)OC[C@@H](O)COP(=O)(O)OC[C@@H](COC(=O)CCCCCCCCC)OC(=O)CCCCCCCCCCCC(C)C)OC(=O)CCCCCCCCCCCCCCCCCCCCC(C)C. The second-order valence-corrected chi connectivity index (χ2v) is 32.0. The summed E-state index contributed by atoms with van der Waals surface area (Å²) < 4.78 is 68.5. The highest BCUT2D eigenvalue weighted by molar-refractivity contribution is 7.47. The van der Waals surface area contributed by atoms with Crippen molar-refractivity contribution in [2.75, 3.05) is 39.6 Å². The summed E-state index contributed by atoms with van der Waals surface area (Å²) in [4.78, 5) is 72.7. The van der Waals surface area contributed by atoms with Gasteiger partial charge in [-0.05, 0) is 37.5 Å². The number of hydrogen-bond donors (Lipinski definition) is 3. The Balaban J connectivity index is 5.17. The van der Waals surface area contributed by atoms with Crippen molar-refractivity contribution < 1.29 is 80.2 Å². The number of rotatable bonds is 77. The Hall–Kier alpha value is -1.94. The van der Waals surface area contributed by atoms with E-state index in [2.05, 4.69) is 41.5 Å². The Morgan fingerprint density at radius 1 is 0.278 bits per heavy atom. The maximum absolute atomic E-state index is 13.1. The molecule has 97 heavy (non-hydrogen) atoms. The second-order valence-electron chi connectivity index (χ2n) is 29.1. The average Bonchev–Trinajstić information content (AvgIpc) is 2.51. The third-order valence-electron chi connectivity index (χ3n) is 18.2.